The number of rotatable bonds is 6. The number of benzene rings is 2. The standard InChI is InChI=1S/C26H30F6N2O.ClH/c1-17(19-13-21(25(27,28)29)15-22(14-19)26(30,31)32)23(35)33-24(20-7-5-4-6-8-20)11-9-18(10-12-24)16-34(2)3;/h4-8,13-15,17-18H,9-12,16H2,1-3H3,(H,33,35);1H/t17-,18?,24?;/m0./s1. The molecule has 2 aromatic rings. The first-order chi connectivity index (χ1) is 16.2. The Hall–Kier alpha value is -2.26. The number of hydrogen-bond acceptors (Lipinski definition) is 2. The van der Waals surface area contributed by atoms with Gasteiger partial charge in [-0.05, 0) is 81.9 Å². The van der Waals surface area contributed by atoms with Gasteiger partial charge in [-0.25, -0.2) is 0 Å². The van der Waals surface area contributed by atoms with Crippen LogP contribution in [0.1, 0.15) is 60.8 Å². The Morgan fingerprint density at radius 1 is 0.972 bits per heavy atom. The van der Waals surface area contributed by atoms with E-state index in [2.05, 4.69) is 10.2 Å². The Morgan fingerprint density at radius 3 is 1.92 bits per heavy atom. The second kappa shape index (κ2) is 11.4. The quantitative estimate of drug-likeness (QED) is 0.403. The van der Waals surface area contributed by atoms with Crippen LogP contribution in [0.25, 0.3) is 0 Å². The van der Waals surface area contributed by atoms with Crippen LogP contribution >= 0.6 is 12.4 Å². The van der Waals surface area contributed by atoms with Gasteiger partial charge in [-0.3, -0.25) is 4.79 Å². The Bertz CT molecular complexity index is 983. The van der Waals surface area contributed by atoms with Crippen LogP contribution in [-0.4, -0.2) is 31.4 Å². The molecule has 1 saturated carbocycles. The number of hydrogen-bond donors (Lipinski definition) is 1. The third kappa shape index (κ3) is 7.16. The van der Waals surface area contributed by atoms with Crippen LogP contribution in [0.2, 0.25) is 0 Å². The van der Waals surface area contributed by atoms with Crippen molar-refractivity contribution in [2.24, 2.45) is 5.92 Å². The van der Waals surface area contributed by atoms with E-state index in [1.807, 2.05) is 44.4 Å². The summed E-state index contributed by atoms with van der Waals surface area (Å²) in [7, 11) is 3.99. The first-order valence-electron chi connectivity index (χ1n) is 11.5. The summed E-state index contributed by atoms with van der Waals surface area (Å²) in [4.78, 5) is 15.4. The molecule has 0 aliphatic heterocycles. The van der Waals surface area contributed by atoms with Crippen molar-refractivity contribution in [3.05, 3.63) is 70.8 Å². The molecular formula is C26H31ClF6N2O. The number of nitrogens with one attached hydrogen (secondary N) is 1. The molecule has 1 fully saturated rings. The fraction of sp³-hybridized carbons (Fsp3) is 0.500. The number of carbonyl (C=O) groups is 1. The van der Waals surface area contributed by atoms with E-state index in [1.165, 1.54) is 6.92 Å². The number of carbonyl (C=O) groups excluding carboxylic acids is 1. The van der Waals surface area contributed by atoms with Gasteiger partial charge in [0, 0.05) is 6.54 Å². The lowest BCUT2D eigenvalue weighted by atomic mass is 9.72. The summed E-state index contributed by atoms with van der Waals surface area (Å²) in [5.41, 5.74) is -3.03. The zero-order valence-corrected chi connectivity index (χ0v) is 21.2. The van der Waals surface area contributed by atoms with Crippen molar-refractivity contribution in [2.75, 3.05) is 20.6 Å². The molecule has 3 nitrogen and oxygen atoms in total. The average Bonchev–Trinajstić information content (AvgIpc) is 2.78. The molecule has 2 aromatic carbocycles. The molecule has 1 aliphatic carbocycles. The highest BCUT2D eigenvalue weighted by Crippen LogP contribution is 2.41. The molecule has 1 amide bonds. The van der Waals surface area contributed by atoms with Crippen molar-refractivity contribution in [1.82, 2.24) is 10.2 Å². The number of amides is 1. The molecule has 0 bridgehead atoms. The van der Waals surface area contributed by atoms with Crippen LogP contribution in [0.15, 0.2) is 48.5 Å². The van der Waals surface area contributed by atoms with E-state index in [-0.39, 0.29) is 24.0 Å². The van der Waals surface area contributed by atoms with Gasteiger partial charge in [0.05, 0.1) is 22.6 Å². The largest absolute Gasteiger partial charge is 0.416 e. The van der Waals surface area contributed by atoms with Crippen molar-refractivity contribution in [1.29, 1.82) is 0 Å². The fourth-order valence-electron chi connectivity index (χ4n) is 4.84. The number of nitrogens with zero attached hydrogens (tertiary/aromatic N) is 1. The molecule has 3 rings (SSSR count). The molecule has 10 heteroatoms. The van der Waals surface area contributed by atoms with Gasteiger partial charge in [-0.2, -0.15) is 26.3 Å². The number of halogens is 7. The van der Waals surface area contributed by atoms with Gasteiger partial charge < -0.3 is 10.2 Å². The molecule has 0 heterocycles. The van der Waals surface area contributed by atoms with E-state index in [0.29, 0.717) is 30.9 Å². The summed E-state index contributed by atoms with van der Waals surface area (Å²) in [6.07, 6.45) is -7.01. The van der Waals surface area contributed by atoms with E-state index < -0.39 is 40.8 Å². The molecule has 0 saturated heterocycles. The van der Waals surface area contributed by atoms with E-state index in [0.717, 1.165) is 24.9 Å². The normalized spacial score (nSPS) is 21.6. The Morgan fingerprint density at radius 2 is 1.47 bits per heavy atom. The Kier molecular flexibility index (Phi) is 9.51. The first-order valence-corrected chi connectivity index (χ1v) is 11.5. The van der Waals surface area contributed by atoms with Gasteiger partial charge in [0.15, 0.2) is 0 Å². The van der Waals surface area contributed by atoms with Crippen LogP contribution in [0.5, 0.6) is 0 Å². The van der Waals surface area contributed by atoms with Crippen molar-refractivity contribution >= 4 is 18.3 Å². The summed E-state index contributed by atoms with van der Waals surface area (Å²) < 4.78 is 79.9. The maximum Gasteiger partial charge on any atom is 0.416 e. The van der Waals surface area contributed by atoms with Gasteiger partial charge >= 0.3 is 12.4 Å². The lowest BCUT2D eigenvalue weighted by Crippen LogP contribution is -2.50. The second-order valence-electron chi connectivity index (χ2n) is 9.70. The van der Waals surface area contributed by atoms with Crippen molar-refractivity contribution < 1.29 is 31.1 Å². The van der Waals surface area contributed by atoms with Gasteiger partial charge in [0.1, 0.15) is 0 Å². The molecule has 1 atom stereocenters. The summed E-state index contributed by atoms with van der Waals surface area (Å²) in [5, 5.41) is 3.02. The average molecular weight is 537 g/mol. The van der Waals surface area contributed by atoms with Crippen molar-refractivity contribution in [3.8, 4) is 0 Å². The topological polar surface area (TPSA) is 32.3 Å². The lowest BCUT2D eigenvalue weighted by Gasteiger charge is -2.42. The van der Waals surface area contributed by atoms with Crippen LogP contribution in [0, 0.1) is 5.92 Å². The number of alkyl halides is 6. The minimum Gasteiger partial charge on any atom is -0.346 e. The summed E-state index contributed by atoms with van der Waals surface area (Å²) >= 11 is 0. The molecule has 36 heavy (non-hydrogen) atoms. The minimum atomic E-state index is -4.97. The summed E-state index contributed by atoms with van der Waals surface area (Å²) in [6.45, 7) is 2.24. The highest BCUT2D eigenvalue weighted by Gasteiger charge is 2.41. The van der Waals surface area contributed by atoms with Crippen LogP contribution in [0.3, 0.4) is 0 Å². The zero-order valence-electron chi connectivity index (χ0n) is 20.3. The maximum absolute atomic E-state index is 13.3. The zero-order chi connectivity index (χ0) is 26.0. The molecule has 200 valence electrons. The van der Waals surface area contributed by atoms with E-state index in [9.17, 15) is 31.1 Å². The maximum atomic E-state index is 13.3. The second-order valence-corrected chi connectivity index (χ2v) is 9.70. The molecule has 1 N–H and O–H groups in total. The highest BCUT2D eigenvalue weighted by molar-refractivity contribution is 5.85. The molecule has 0 spiro atoms. The smallest absolute Gasteiger partial charge is 0.346 e. The summed E-state index contributed by atoms with van der Waals surface area (Å²) in [5.74, 6) is -1.38. The Balaban J connectivity index is 0.00000456. The third-order valence-electron chi connectivity index (χ3n) is 6.77. The molecule has 0 radical (unpaired) electrons. The first kappa shape index (κ1) is 30.0. The van der Waals surface area contributed by atoms with Crippen LogP contribution < -0.4 is 5.32 Å². The van der Waals surface area contributed by atoms with Gasteiger partial charge in [0.2, 0.25) is 5.91 Å². The SMILES string of the molecule is C[C@H](C(=O)NC1(c2ccccc2)CCC(CN(C)C)CC1)c1cc(C(F)(F)F)cc(C(F)(F)F)c1.Cl. The molecule has 1 aliphatic rings. The van der Waals surface area contributed by atoms with Crippen LogP contribution in [0.4, 0.5) is 26.3 Å². The van der Waals surface area contributed by atoms with Gasteiger partial charge in [-0.15, -0.1) is 12.4 Å². The fourth-order valence-corrected chi connectivity index (χ4v) is 4.84. The van der Waals surface area contributed by atoms with Crippen molar-refractivity contribution in [3.63, 3.8) is 0 Å². The van der Waals surface area contributed by atoms with Crippen molar-refractivity contribution in [2.45, 2.75) is 56.4 Å². The van der Waals surface area contributed by atoms with Crippen LogP contribution in [-0.2, 0) is 22.7 Å². The Labute approximate surface area is 213 Å². The summed E-state index contributed by atoms with van der Waals surface area (Å²) in [6, 6.07) is 10.7. The van der Waals surface area contributed by atoms with E-state index >= 15 is 0 Å². The van der Waals surface area contributed by atoms with E-state index in [4.69, 9.17) is 0 Å². The minimum absolute atomic E-state index is 0. The molecule has 0 unspecified atom stereocenters. The highest BCUT2D eigenvalue weighted by atomic mass is 35.5. The molecular weight excluding hydrogens is 506 g/mol. The van der Waals surface area contributed by atoms with E-state index in [1.54, 1.807) is 0 Å². The third-order valence-corrected chi connectivity index (χ3v) is 6.77. The van der Waals surface area contributed by atoms with Gasteiger partial charge in [0.25, 0.3) is 0 Å². The molecule has 0 aromatic heterocycles. The monoisotopic (exact) mass is 536 g/mol. The van der Waals surface area contributed by atoms with Gasteiger partial charge in [-0.1, -0.05) is 30.3 Å². The predicted molar refractivity (Wildman–Crippen MR) is 129 cm³/mol. The predicted octanol–water partition coefficient (Wildman–Crippen LogP) is 7.01. The lowest BCUT2D eigenvalue weighted by molar-refractivity contribution is -0.143.